The zero-order chi connectivity index (χ0) is 32.2. The summed E-state index contributed by atoms with van der Waals surface area (Å²) < 4.78 is 5.77. The summed E-state index contributed by atoms with van der Waals surface area (Å²) in [4.78, 5) is 33.4. The van der Waals surface area contributed by atoms with E-state index in [-0.39, 0.29) is 30.9 Å². The first kappa shape index (κ1) is 41.0. The Morgan fingerprint density at radius 1 is 0.929 bits per heavy atom. The van der Waals surface area contributed by atoms with Gasteiger partial charge < -0.3 is 26.0 Å². The first-order valence-corrected chi connectivity index (χ1v) is 15.3. The van der Waals surface area contributed by atoms with Crippen LogP contribution in [0.4, 0.5) is 0 Å². The van der Waals surface area contributed by atoms with Crippen LogP contribution >= 0.6 is 11.6 Å². The molecular weight excluding hydrogens is 552 g/mol. The molecule has 8 nitrogen and oxygen atoms in total. The van der Waals surface area contributed by atoms with Crippen LogP contribution in [0.2, 0.25) is 5.02 Å². The van der Waals surface area contributed by atoms with Crippen LogP contribution in [0.3, 0.4) is 0 Å². The molecule has 0 aromatic heterocycles. The van der Waals surface area contributed by atoms with E-state index in [1.54, 1.807) is 0 Å². The highest BCUT2D eigenvalue weighted by Crippen LogP contribution is 2.19. The van der Waals surface area contributed by atoms with Crippen molar-refractivity contribution in [3.05, 3.63) is 64.2 Å². The molecule has 0 aliphatic rings. The van der Waals surface area contributed by atoms with E-state index in [0.29, 0.717) is 26.1 Å². The maximum Gasteiger partial charge on any atom is 0.239 e. The second-order valence-electron chi connectivity index (χ2n) is 9.97. The van der Waals surface area contributed by atoms with E-state index < -0.39 is 0 Å². The van der Waals surface area contributed by atoms with Crippen molar-refractivity contribution in [3.8, 4) is 5.75 Å². The summed E-state index contributed by atoms with van der Waals surface area (Å²) >= 11 is 5.78. The number of hydrogen-bond acceptors (Lipinski definition) is 5. The molecule has 2 aromatic carbocycles. The van der Waals surface area contributed by atoms with Gasteiger partial charge in [0.15, 0.2) is 0 Å². The van der Waals surface area contributed by atoms with Crippen molar-refractivity contribution in [2.24, 2.45) is 0 Å². The zero-order valence-corrected chi connectivity index (χ0v) is 27.8. The Morgan fingerprint density at radius 2 is 1.57 bits per heavy atom. The normalized spacial score (nSPS) is 9.57. The average Bonchev–Trinajstić information content (AvgIpc) is 2.93. The smallest absolute Gasteiger partial charge is 0.239 e. The third kappa shape index (κ3) is 24.7. The molecule has 0 heterocycles. The van der Waals surface area contributed by atoms with Crippen molar-refractivity contribution in [1.29, 1.82) is 0 Å². The fourth-order valence-corrected chi connectivity index (χ4v) is 3.25. The van der Waals surface area contributed by atoms with E-state index in [2.05, 4.69) is 62.0 Å². The molecule has 4 N–H and O–H groups in total. The number of carbonyl (C=O) groups excluding carboxylic acids is 3. The quantitative estimate of drug-likeness (QED) is 0.161. The summed E-state index contributed by atoms with van der Waals surface area (Å²) in [6, 6.07) is 13.8. The number of para-hydroxylation sites is 1. The van der Waals surface area contributed by atoms with E-state index in [0.717, 1.165) is 34.7 Å². The van der Waals surface area contributed by atoms with Gasteiger partial charge in [0.25, 0.3) is 0 Å². The Kier molecular flexibility index (Phi) is 27.4. The minimum absolute atomic E-state index is 0.0263. The lowest BCUT2D eigenvalue weighted by Crippen LogP contribution is -2.42. The Morgan fingerprint density at radius 3 is 2.14 bits per heavy atom. The van der Waals surface area contributed by atoms with Crippen molar-refractivity contribution in [3.63, 3.8) is 0 Å². The highest BCUT2D eigenvalue weighted by Gasteiger charge is 2.06. The van der Waals surface area contributed by atoms with E-state index >= 15 is 0 Å². The highest BCUT2D eigenvalue weighted by atomic mass is 35.5. The average molecular weight is 607 g/mol. The maximum absolute atomic E-state index is 11.7. The lowest BCUT2D eigenvalue weighted by molar-refractivity contribution is -0.125. The molecule has 0 unspecified atom stereocenters. The number of amides is 3. The van der Waals surface area contributed by atoms with Crippen LogP contribution in [0.1, 0.15) is 77.5 Å². The first-order chi connectivity index (χ1) is 20.1. The number of aryl methyl sites for hydroxylation is 3. The summed E-state index contributed by atoms with van der Waals surface area (Å²) in [5, 5.41) is 11.7. The van der Waals surface area contributed by atoms with Crippen LogP contribution in [-0.4, -0.2) is 57.1 Å². The molecule has 0 saturated carbocycles. The molecule has 0 bridgehead atoms. The zero-order valence-electron chi connectivity index (χ0n) is 27.1. The summed E-state index contributed by atoms with van der Waals surface area (Å²) in [5.41, 5.74) is 3.49. The second-order valence-corrected chi connectivity index (χ2v) is 10.4. The summed E-state index contributed by atoms with van der Waals surface area (Å²) in [6.07, 6.45) is 4.84. The number of halogens is 1. The van der Waals surface area contributed by atoms with E-state index in [4.69, 9.17) is 16.3 Å². The molecule has 2 aromatic rings. The second kappa shape index (κ2) is 28.0. The molecule has 238 valence electrons. The molecule has 0 radical (unpaired) electrons. The third-order valence-electron chi connectivity index (χ3n) is 4.85. The number of carbonyl (C=O) groups is 3. The number of rotatable bonds is 14. The Labute approximate surface area is 259 Å². The standard InChI is InChI=1S/C19H30N4O4.C8H9Cl.2C3H8/c1-15(2)23-19(26)13-22-18(25)12-20-10-11-27-17-8-4-3-6-16(17)7-5-9-21-14-24;1-6-3-4-8(9)7(2)5-6;2*1-3-2/h3-4,6,8,14-15,20H,5,7,9-13H2,1-2H3,(H,21,24)(H,22,25)(H,23,26);3-5H,1-2H3;2*3H2,1-2H3. The van der Waals surface area contributed by atoms with Crippen molar-refractivity contribution in [2.45, 2.75) is 87.1 Å². The monoisotopic (exact) mass is 606 g/mol. The summed E-state index contributed by atoms with van der Waals surface area (Å²) in [6.45, 7) is 17.9. The molecular formula is C33H55ClN4O4. The molecule has 3 amide bonds. The van der Waals surface area contributed by atoms with Crippen LogP contribution in [0.5, 0.6) is 5.75 Å². The van der Waals surface area contributed by atoms with Crippen LogP contribution in [0.15, 0.2) is 42.5 Å². The van der Waals surface area contributed by atoms with Crippen molar-refractivity contribution < 1.29 is 19.1 Å². The number of hydrogen-bond donors (Lipinski definition) is 4. The van der Waals surface area contributed by atoms with Gasteiger partial charge >= 0.3 is 0 Å². The molecule has 9 heteroatoms. The number of ether oxygens (including phenoxy) is 1. The van der Waals surface area contributed by atoms with Gasteiger partial charge in [-0.05, 0) is 63.8 Å². The van der Waals surface area contributed by atoms with Gasteiger partial charge in [0, 0.05) is 24.2 Å². The van der Waals surface area contributed by atoms with Crippen LogP contribution in [0, 0.1) is 13.8 Å². The molecule has 2 rings (SSSR count). The Bertz CT molecular complexity index is 984. The molecule has 0 fully saturated rings. The molecule has 0 saturated heterocycles. The van der Waals surface area contributed by atoms with Gasteiger partial charge in [-0.15, -0.1) is 0 Å². The summed E-state index contributed by atoms with van der Waals surface area (Å²) in [5.74, 6) is 0.360. The van der Waals surface area contributed by atoms with E-state index in [1.807, 2.05) is 57.2 Å². The molecule has 0 spiro atoms. The van der Waals surface area contributed by atoms with Crippen molar-refractivity contribution >= 4 is 29.8 Å². The topological polar surface area (TPSA) is 109 Å². The van der Waals surface area contributed by atoms with Gasteiger partial charge in [0.2, 0.25) is 18.2 Å². The molecule has 42 heavy (non-hydrogen) atoms. The number of benzene rings is 2. The van der Waals surface area contributed by atoms with Gasteiger partial charge in [0.1, 0.15) is 12.4 Å². The Hall–Kier alpha value is -3.10. The lowest BCUT2D eigenvalue weighted by Gasteiger charge is -2.12. The van der Waals surface area contributed by atoms with Crippen molar-refractivity contribution in [2.75, 3.05) is 32.8 Å². The highest BCUT2D eigenvalue weighted by molar-refractivity contribution is 6.31. The van der Waals surface area contributed by atoms with Gasteiger partial charge in [-0.3, -0.25) is 14.4 Å². The van der Waals surface area contributed by atoms with Crippen LogP contribution in [0.25, 0.3) is 0 Å². The SMILES string of the molecule is CC(C)NC(=O)CNC(=O)CNCCOc1ccccc1CCCNC=O.CCC.CCC.Cc1ccc(Cl)c(C)c1. The molecule has 0 aliphatic carbocycles. The van der Waals surface area contributed by atoms with Gasteiger partial charge in [-0.25, -0.2) is 0 Å². The van der Waals surface area contributed by atoms with E-state index in [9.17, 15) is 14.4 Å². The molecule has 0 atom stereocenters. The molecule has 0 aliphatic heterocycles. The van der Waals surface area contributed by atoms with Gasteiger partial charge in [-0.2, -0.15) is 0 Å². The fraction of sp³-hybridized carbons (Fsp3) is 0.545. The minimum atomic E-state index is -0.239. The predicted octanol–water partition coefficient (Wildman–Crippen LogP) is 5.76. The lowest BCUT2D eigenvalue weighted by atomic mass is 10.1. The number of nitrogens with one attached hydrogen (secondary N) is 4. The van der Waals surface area contributed by atoms with Crippen LogP contribution in [-0.2, 0) is 20.8 Å². The minimum Gasteiger partial charge on any atom is -0.492 e. The van der Waals surface area contributed by atoms with Gasteiger partial charge in [0.05, 0.1) is 13.1 Å². The maximum atomic E-state index is 11.7. The fourth-order valence-electron chi connectivity index (χ4n) is 3.14. The van der Waals surface area contributed by atoms with Crippen molar-refractivity contribution in [1.82, 2.24) is 21.3 Å². The van der Waals surface area contributed by atoms with E-state index in [1.165, 1.54) is 18.4 Å². The first-order valence-electron chi connectivity index (χ1n) is 14.9. The van der Waals surface area contributed by atoms with Crippen LogP contribution < -0.4 is 26.0 Å². The third-order valence-corrected chi connectivity index (χ3v) is 5.28. The predicted molar refractivity (Wildman–Crippen MR) is 176 cm³/mol. The van der Waals surface area contributed by atoms with Gasteiger partial charge in [-0.1, -0.05) is 88.0 Å². The summed E-state index contributed by atoms with van der Waals surface area (Å²) in [7, 11) is 0. The Balaban J connectivity index is 0. The largest absolute Gasteiger partial charge is 0.492 e.